The molecule has 1 heterocycles. The first-order chi connectivity index (χ1) is 9.29. The molecule has 0 fully saturated rings. The Kier molecular flexibility index (Phi) is 3.78. The molecule has 0 saturated carbocycles. The standard InChI is InChI=1S/C13H14ClN3O3/c1-13(2,12(19)20)15-6-10-16-9-4-3-7(14)5-8(9)11(18)17-10/h3-5,15H,6H2,1-2H3,(H,19,20)(H,16,17,18). The fraction of sp³-hybridized carbons (Fsp3) is 0.308. The quantitative estimate of drug-likeness (QED) is 0.795. The Labute approximate surface area is 119 Å². The third-order valence-electron chi connectivity index (χ3n) is 2.95. The third-order valence-corrected chi connectivity index (χ3v) is 3.18. The van der Waals surface area contributed by atoms with Crippen LogP contribution in [0.4, 0.5) is 0 Å². The van der Waals surface area contributed by atoms with E-state index in [-0.39, 0.29) is 12.1 Å². The summed E-state index contributed by atoms with van der Waals surface area (Å²) in [6, 6.07) is 4.84. The van der Waals surface area contributed by atoms with Crippen LogP contribution in [0.1, 0.15) is 19.7 Å². The first-order valence-electron chi connectivity index (χ1n) is 5.96. The Morgan fingerprint density at radius 1 is 1.50 bits per heavy atom. The van der Waals surface area contributed by atoms with Crippen LogP contribution in [0.3, 0.4) is 0 Å². The maximum Gasteiger partial charge on any atom is 0.323 e. The van der Waals surface area contributed by atoms with E-state index < -0.39 is 11.5 Å². The maximum atomic E-state index is 11.9. The van der Waals surface area contributed by atoms with Crippen LogP contribution in [0, 0.1) is 0 Å². The summed E-state index contributed by atoms with van der Waals surface area (Å²) >= 11 is 5.83. The van der Waals surface area contributed by atoms with Crippen molar-refractivity contribution in [3.8, 4) is 0 Å². The van der Waals surface area contributed by atoms with Crippen LogP contribution >= 0.6 is 11.6 Å². The zero-order valence-corrected chi connectivity index (χ0v) is 11.8. The lowest BCUT2D eigenvalue weighted by molar-refractivity contribution is -0.143. The molecule has 7 heteroatoms. The SMILES string of the molecule is CC(C)(NCc1nc2ccc(Cl)cc2c(=O)[nH]1)C(=O)O. The number of nitrogens with one attached hydrogen (secondary N) is 2. The molecule has 2 rings (SSSR count). The number of carbonyl (C=O) groups is 1. The number of aromatic nitrogens is 2. The van der Waals surface area contributed by atoms with Crippen molar-refractivity contribution < 1.29 is 9.90 Å². The molecular weight excluding hydrogens is 282 g/mol. The predicted molar refractivity (Wildman–Crippen MR) is 75.9 cm³/mol. The number of hydrogen-bond acceptors (Lipinski definition) is 4. The van der Waals surface area contributed by atoms with Crippen LogP contribution < -0.4 is 10.9 Å². The summed E-state index contributed by atoms with van der Waals surface area (Å²) < 4.78 is 0. The van der Waals surface area contributed by atoms with Crippen molar-refractivity contribution >= 4 is 28.5 Å². The average Bonchev–Trinajstić information content (AvgIpc) is 2.37. The maximum absolute atomic E-state index is 11.9. The van der Waals surface area contributed by atoms with E-state index in [1.807, 2.05) is 0 Å². The monoisotopic (exact) mass is 295 g/mol. The fourth-order valence-electron chi connectivity index (χ4n) is 1.62. The number of benzene rings is 1. The molecule has 0 radical (unpaired) electrons. The van der Waals surface area contributed by atoms with Crippen LogP contribution in [-0.4, -0.2) is 26.6 Å². The summed E-state index contributed by atoms with van der Waals surface area (Å²) in [6.45, 7) is 3.22. The molecule has 0 bridgehead atoms. The number of aromatic amines is 1. The summed E-state index contributed by atoms with van der Waals surface area (Å²) in [5.41, 5.74) is -0.890. The van der Waals surface area contributed by atoms with Crippen LogP contribution in [0.15, 0.2) is 23.0 Å². The van der Waals surface area contributed by atoms with E-state index in [2.05, 4.69) is 15.3 Å². The highest BCUT2D eigenvalue weighted by Crippen LogP contribution is 2.14. The zero-order chi connectivity index (χ0) is 14.9. The fourth-order valence-corrected chi connectivity index (χ4v) is 1.80. The van der Waals surface area contributed by atoms with Crippen molar-refractivity contribution in [3.63, 3.8) is 0 Å². The van der Waals surface area contributed by atoms with Gasteiger partial charge in [-0.2, -0.15) is 0 Å². The largest absolute Gasteiger partial charge is 0.480 e. The number of hydrogen-bond donors (Lipinski definition) is 3. The number of carboxylic acids is 1. The number of aliphatic carboxylic acids is 1. The number of carboxylic acid groups (broad SMARTS) is 1. The highest BCUT2D eigenvalue weighted by molar-refractivity contribution is 6.31. The van der Waals surface area contributed by atoms with Crippen molar-refractivity contribution in [3.05, 3.63) is 39.4 Å². The molecule has 6 nitrogen and oxygen atoms in total. The van der Waals surface area contributed by atoms with Crippen molar-refractivity contribution in [2.24, 2.45) is 0 Å². The van der Waals surface area contributed by atoms with E-state index >= 15 is 0 Å². The molecule has 0 aliphatic carbocycles. The number of H-pyrrole nitrogens is 1. The second-order valence-electron chi connectivity index (χ2n) is 4.96. The highest BCUT2D eigenvalue weighted by Gasteiger charge is 2.26. The predicted octanol–water partition coefficient (Wildman–Crippen LogP) is 1.53. The van der Waals surface area contributed by atoms with Gasteiger partial charge in [-0.05, 0) is 32.0 Å². The molecule has 106 valence electrons. The van der Waals surface area contributed by atoms with Crippen molar-refractivity contribution in [2.45, 2.75) is 25.9 Å². The average molecular weight is 296 g/mol. The van der Waals surface area contributed by atoms with E-state index in [4.69, 9.17) is 16.7 Å². The van der Waals surface area contributed by atoms with Gasteiger partial charge in [-0.25, -0.2) is 4.98 Å². The van der Waals surface area contributed by atoms with Crippen molar-refractivity contribution in [1.29, 1.82) is 0 Å². The molecule has 0 atom stereocenters. The summed E-state index contributed by atoms with van der Waals surface area (Å²) in [6.07, 6.45) is 0. The van der Waals surface area contributed by atoms with E-state index in [1.165, 1.54) is 13.8 Å². The molecule has 0 aliphatic heterocycles. The van der Waals surface area contributed by atoms with Crippen LogP contribution in [0.2, 0.25) is 5.02 Å². The summed E-state index contributed by atoms with van der Waals surface area (Å²) in [4.78, 5) is 29.8. The van der Waals surface area contributed by atoms with Crippen LogP contribution in [-0.2, 0) is 11.3 Å². The van der Waals surface area contributed by atoms with Gasteiger partial charge in [0, 0.05) is 5.02 Å². The second kappa shape index (κ2) is 5.22. The lowest BCUT2D eigenvalue weighted by atomic mass is 10.1. The Balaban J connectivity index is 2.31. The number of halogens is 1. The minimum Gasteiger partial charge on any atom is -0.480 e. The van der Waals surface area contributed by atoms with Gasteiger partial charge < -0.3 is 10.1 Å². The highest BCUT2D eigenvalue weighted by atomic mass is 35.5. The van der Waals surface area contributed by atoms with E-state index in [0.717, 1.165) is 0 Å². The van der Waals surface area contributed by atoms with Crippen LogP contribution in [0.25, 0.3) is 10.9 Å². The molecule has 0 amide bonds. The van der Waals surface area contributed by atoms with Gasteiger partial charge in [0.1, 0.15) is 11.4 Å². The van der Waals surface area contributed by atoms with Gasteiger partial charge in [-0.3, -0.25) is 14.9 Å². The lowest BCUT2D eigenvalue weighted by Gasteiger charge is -2.20. The van der Waals surface area contributed by atoms with Gasteiger partial charge >= 0.3 is 5.97 Å². The minimum absolute atomic E-state index is 0.146. The number of nitrogens with zero attached hydrogens (tertiary/aromatic N) is 1. The summed E-state index contributed by atoms with van der Waals surface area (Å²) in [5.74, 6) is -0.605. The molecule has 0 unspecified atom stereocenters. The molecule has 0 aliphatic rings. The normalized spacial score (nSPS) is 11.8. The minimum atomic E-state index is -1.10. The topological polar surface area (TPSA) is 95.1 Å². The number of fused-ring (bicyclic) bond motifs is 1. The molecule has 0 spiro atoms. The molecule has 2 aromatic rings. The van der Waals surface area contributed by atoms with E-state index in [1.54, 1.807) is 18.2 Å². The Morgan fingerprint density at radius 3 is 2.85 bits per heavy atom. The van der Waals surface area contributed by atoms with Gasteiger partial charge in [0.15, 0.2) is 0 Å². The molecule has 3 N–H and O–H groups in total. The third kappa shape index (κ3) is 2.97. The molecule has 1 aromatic heterocycles. The zero-order valence-electron chi connectivity index (χ0n) is 11.0. The summed E-state index contributed by atoms with van der Waals surface area (Å²) in [5, 5.41) is 12.7. The molecule has 20 heavy (non-hydrogen) atoms. The van der Waals surface area contributed by atoms with Gasteiger partial charge in [-0.15, -0.1) is 0 Å². The Bertz CT molecular complexity index is 724. The Morgan fingerprint density at radius 2 is 2.20 bits per heavy atom. The summed E-state index contributed by atoms with van der Waals surface area (Å²) in [7, 11) is 0. The second-order valence-corrected chi connectivity index (χ2v) is 5.39. The van der Waals surface area contributed by atoms with Crippen LogP contribution in [0.5, 0.6) is 0 Å². The van der Waals surface area contributed by atoms with E-state index in [9.17, 15) is 9.59 Å². The molecule has 0 saturated heterocycles. The van der Waals surface area contributed by atoms with Crippen molar-refractivity contribution in [1.82, 2.24) is 15.3 Å². The Hall–Kier alpha value is -1.92. The molecule has 1 aromatic carbocycles. The molecular formula is C13H14ClN3O3. The van der Waals surface area contributed by atoms with E-state index in [0.29, 0.717) is 21.7 Å². The smallest absolute Gasteiger partial charge is 0.323 e. The van der Waals surface area contributed by atoms with Gasteiger partial charge in [0.2, 0.25) is 0 Å². The van der Waals surface area contributed by atoms with Gasteiger partial charge in [0.25, 0.3) is 5.56 Å². The first kappa shape index (κ1) is 14.5. The van der Waals surface area contributed by atoms with Gasteiger partial charge in [0.05, 0.1) is 17.4 Å². The van der Waals surface area contributed by atoms with Gasteiger partial charge in [-0.1, -0.05) is 11.6 Å². The van der Waals surface area contributed by atoms with Crippen molar-refractivity contribution in [2.75, 3.05) is 0 Å². The lowest BCUT2D eigenvalue weighted by Crippen LogP contribution is -2.46. The first-order valence-corrected chi connectivity index (χ1v) is 6.34. The number of rotatable bonds is 4.